The van der Waals surface area contributed by atoms with Crippen molar-refractivity contribution >= 4 is 35.7 Å². The number of piperidine rings is 1. The fraction of sp³-hybridized carbons (Fsp3) is 0.440. The molecule has 0 amide bonds. The highest BCUT2D eigenvalue weighted by atomic mass is 35.5. The van der Waals surface area contributed by atoms with Crippen LogP contribution in [0, 0.1) is 11.7 Å². The van der Waals surface area contributed by atoms with Crippen molar-refractivity contribution in [1.82, 2.24) is 19.8 Å². The van der Waals surface area contributed by atoms with Crippen molar-refractivity contribution in [2.75, 3.05) is 39.4 Å². The van der Waals surface area contributed by atoms with Gasteiger partial charge in [-0.2, -0.15) is 0 Å². The number of pyridine rings is 2. The lowest BCUT2D eigenvalue weighted by atomic mass is 9.94. The Kier molecular flexibility index (Phi) is 9.92. The topological polar surface area (TPSA) is 88.9 Å². The maximum atomic E-state index is 13.8. The lowest BCUT2D eigenvalue weighted by molar-refractivity contribution is 0.0257. The number of benzene rings is 1. The summed E-state index contributed by atoms with van der Waals surface area (Å²) < 4.78 is 26.5. The number of hydrogen-bond acceptors (Lipinski definition) is 7. The molecule has 36 heavy (non-hydrogen) atoms. The molecule has 2 aliphatic heterocycles. The summed E-state index contributed by atoms with van der Waals surface area (Å²) in [5.41, 5.74) is 1.32. The van der Waals surface area contributed by atoms with E-state index in [4.69, 9.17) is 9.47 Å². The number of hydrogen-bond donors (Lipinski definition) is 2. The Morgan fingerprint density at radius 2 is 1.86 bits per heavy atom. The van der Waals surface area contributed by atoms with E-state index in [-0.39, 0.29) is 48.2 Å². The summed E-state index contributed by atoms with van der Waals surface area (Å²) in [4.78, 5) is 19.1. The predicted molar refractivity (Wildman–Crippen MR) is 140 cm³/mol. The third-order valence-corrected chi connectivity index (χ3v) is 6.57. The minimum atomic E-state index is -0.383. The van der Waals surface area contributed by atoms with E-state index in [1.54, 1.807) is 22.9 Å². The molecule has 0 spiro atoms. The molecule has 1 aromatic carbocycles. The second-order valence-electron chi connectivity index (χ2n) is 8.89. The summed E-state index contributed by atoms with van der Waals surface area (Å²) in [6.07, 6.45) is 1.98. The van der Waals surface area contributed by atoms with Crippen molar-refractivity contribution in [2.24, 2.45) is 5.92 Å². The number of aliphatic hydroxyl groups excluding tert-OH is 1. The van der Waals surface area contributed by atoms with Gasteiger partial charge < -0.3 is 29.4 Å². The molecule has 0 aliphatic carbocycles. The molecule has 11 heteroatoms. The molecular weight excluding hydrogens is 510 g/mol. The molecule has 0 unspecified atom stereocenters. The zero-order valence-corrected chi connectivity index (χ0v) is 21.4. The maximum absolute atomic E-state index is 13.8. The van der Waals surface area contributed by atoms with Gasteiger partial charge in [0.2, 0.25) is 0 Å². The molecule has 8 nitrogen and oxygen atoms in total. The average Bonchev–Trinajstić information content (AvgIpc) is 2.85. The molecule has 2 N–H and O–H groups in total. The number of nitrogens with zero attached hydrogens (tertiary/aromatic N) is 3. The molecule has 3 aromatic rings. The lowest BCUT2D eigenvalue weighted by Gasteiger charge is -2.36. The number of likely N-dealkylation sites (tertiary alicyclic amines) is 1. The normalized spacial score (nSPS) is 19.4. The summed E-state index contributed by atoms with van der Waals surface area (Å²) in [6.45, 7) is 4.89. The van der Waals surface area contributed by atoms with Crippen molar-refractivity contribution in [1.29, 1.82) is 0 Å². The van der Waals surface area contributed by atoms with Crippen LogP contribution >= 0.6 is 24.8 Å². The van der Waals surface area contributed by atoms with Gasteiger partial charge >= 0.3 is 0 Å². The number of halogens is 3. The van der Waals surface area contributed by atoms with Crippen LogP contribution in [0.5, 0.6) is 11.5 Å². The highest BCUT2D eigenvalue weighted by Gasteiger charge is 2.27. The Hall–Kier alpha value is -2.43. The monoisotopic (exact) mass is 540 g/mol. The molecule has 2 atom stereocenters. The first-order valence-electron chi connectivity index (χ1n) is 11.7. The van der Waals surface area contributed by atoms with Crippen molar-refractivity contribution in [3.63, 3.8) is 0 Å². The maximum Gasteiger partial charge on any atom is 0.251 e. The Morgan fingerprint density at radius 1 is 1.08 bits per heavy atom. The minimum absolute atomic E-state index is 0. The van der Waals surface area contributed by atoms with E-state index < -0.39 is 0 Å². The predicted octanol–water partition coefficient (Wildman–Crippen LogP) is 2.62. The largest absolute Gasteiger partial charge is 0.486 e. The number of aromatic nitrogens is 2. The van der Waals surface area contributed by atoms with E-state index in [1.807, 2.05) is 6.07 Å². The molecule has 0 bridgehead atoms. The molecule has 5 rings (SSSR count). The van der Waals surface area contributed by atoms with E-state index in [2.05, 4.69) is 15.2 Å². The third kappa shape index (κ3) is 6.46. The van der Waals surface area contributed by atoms with Gasteiger partial charge in [-0.1, -0.05) is 0 Å². The summed E-state index contributed by atoms with van der Waals surface area (Å²) in [7, 11) is 0. The SMILES string of the molecule is Cl.Cl.O=c1ccc2ccc(F)cc2n1CCN1CC[C@H](O)[C@@H](CNCc2cc3c(cn2)OCCO3)C1. The van der Waals surface area contributed by atoms with Crippen LogP contribution in [0.25, 0.3) is 10.9 Å². The van der Waals surface area contributed by atoms with E-state index >= 15 is 0 Å². The number of nitrogens with one attached hydrogen (secondary N) is 1. The van der Waals surface area contributed by atoms with Crippen LogP contribution in [0.3, 0.4) is 0 Å². The van der Waals surface area contributed by atoms with Crippen molar-refractivity contribution in [2.45, 2.75) is 25.6 Å². The molecule has 2 aliphatic rings. The van der Waals surface area contributed by atoms with Gasteiger partial charge in [0.05, 0.1) is 23.5 Å². The highest BCUT2D eigenvalue weighted by molar-refractivity contribution is 5.85. The van der Waals surface area contributed by atoms with E-state index in [0.29, 0.717) is 62.8 Å². The Bertz CT molecular complexity index is 1230. The Labute approximate surface area is 221 Å². The molecule has 1 fully saturated rings. The van der Waals surface area contributed by atoms with Gasteiger partial charge in [-0.3, -0.25) is 9.78 Å². The van der Waals surface area contributed by atoms with Gasteiger partial charge in [0.15, 0.2) is 11.5 Å². The van der Waals surface area contributed by atoms with Crippen LogP contribution in [0.4, 0.5) is 4.39 Å². The fourth-order valence-electron chi connectivity index (χ4n) is 4.70. The van der Waals surface area contributed by atoms with Crippen LogP contribution in [-0.4, -0.2) is 65.1 Å². The number of aliphatic hydroxyl groups is 1. The summed E-state index contributed by atoms with van der Waals surface area (Å²) in [6, 6.07) is 9.64. The van der Waals surface area contributed by atoms with Crippen LogP contribution < -0.4 is 20.3 Å². The molecule has 0 saturated carbocycles. The first-order valence-corrected chi connectivity index (χ1v) is 11.7. The Balaban J connectivity index is 0.00000180. The second kappa shape index (κ2) is 12.7. The fourth-order valence-corrected chi connectivity index (χ4v) is 4.70. The van der Waals surface area contributed by atoms with Crippen molar-refractivity contribution in [3.8, 4) is 11.5 Å². The third-order valence-electron chi connectivity index (χ3n) is 6.57. The van der Waals surface area contributed by atoms with Crippen molar-refractivity contribution < 1.29 is 19.0 Å². The average molecular weight is 541 g/mol. The van der Waals surface area contributed by atoms with Crippen LogP contribution in [0.1, 0.15) is 12.1 Å². The summed E-state index contributed by atoms with van der Waals surface area (Å²) in [5, 5.41) is 14.8. The molecule has 2 aromatic heterocycles. The van der Waals surface area contributed by atoms with Gasteiger partial charge in [0.25, 0.3) is 5.56 Å². The Morgan fingerprint density at radius 3 is 2.69 bits per heavy atom. The minimum Gasteiger partial charge on any atom is -0.486 e. The van der Waals surface area contributed by atoms with Crippen molar-refractivity contribution in [3.05, 3.63) is 64.5 Å². The quantitative estimate of drug-likeness (QED) is 0.476. The van der Waals surface area contributed by atoms with E-state index in [1.165, 1.54) is 18.2 Å². The van der Waals surface area contributed by atoms with Crippen LogP contribution in [0.15, 0.2) is 47.4 Å². The number of fused-ring (bicyclic) bond motifs is 2. The standard InChI is InChI=1S/C25H29FN4O4.2ClH/c26-19-3-1-17-2-4-25(32)30(21(17)11-19)8-7-29-6-5-22(31)18(16-29)13-27-14-20-12-23-24(15-28-20)34-10-9-33-23;;/h1-4,11-12,15,18,22,27,31H,5-10,13-14,16H2;2*1H/t18-,22-;;/m0../s1. The lowest BCUT2D eigenvalue weighted by Crippen LogP contribution is -2.48. The van der Waals surface area contributed by atoms with E-state index in [9.17, 15) is 14.3 Å². The number of ether oxygens (including phenoxy) is 2. The summed E-state index contributed by atoms with van der Waals surface area (Å²) >= 11 is 0. The molecule has 196 valence electrons. The van der Waals surface area contributed by atoms with Crippen LogP contribution in [-0.2, 0) is 13.1 Å². The van der Waals surface area contributed by atoms with Crippen LogP contribution in [0.2, 0.25) is 0 Å². The highest BCUT2D eigenvalue weighted by Crippen LogP contribution is 2.29. The molecule has 1 saturated heterocycles. The smallest absolute Gasteiger partial charge is 0.251 e. The van der Waals surface area contributed by atoms with Gasteiger partial charge in [0.1, 0.15) is 19.0 Å². The molecule has 4 heterocycles. The molecule has 0 radical (unpaired) electrons. The molecular formula is C25H31Cl2FN4O4. The van der Waals surface area contributed by atoms with Gasteiger partial charge in [-0.15, -0.1) is 24.8 Å². The van der Waals surface area contributed by atoms with Gasteiger partial charge in [0, 0.05) is 57.3 Å². The van der Waals surface area contributed by atoms with Gasteiger partial charge in [-0.05, 0) is 36.1 Å². The first-order chi connectivity index (χ1) is 16.6. The first kappa shape index (κ1) is 28.1. The number of rotatable bonds is 7. The van der Waals surface area contributed by atoms with E-state index in [0.717, 1.165) is 24.2 Å². The zero-order chi connectivity index (χ0) is 23.5. The summed E-state index contributed by atoms with van der Waals surface area (Å²) in [5.74, 6) is 1.09. The van der Waals surface area contributed by atoms with Gasteiger partial charge in [-0.25, -0.2) is 4.39 Å². The zero-order valence-electron chi connectivity index (χ0n) is 19.8. The second-order valence-corrected chi connectivity index (χ2v) is 8.89.